The number of carbonyl (C=O) groups excluding carboxylic acids is 1. The maximum atomic E-state index is 11.4. The highest BCUT2D eigenvalue weighted by Crippen LogP contribution is 1.88. The first-order valence-electron chi connectivity index (χ1n) is 4.27. The predicted molar refractivity (Wildman–Crippen MR) is 52.2 cm³/mol. The fraction of sp³-hybridized carbons (Fsp3) is 0.250. The van der Waals surface area contributed by atoms with E-state index in [0.29, 0.717) is 0 Å². The first kappa shape index (κ1) is 11.7. The van der Waals surface area contributed by atoms with Crippen LogP contribution in [0.3, 0.4) is 0 Å². The van der Waals surface area contributed by atoms with Crippen LogP contribution < -0.4 is 16.6 Å². The van der Waals surface area contributed by atoms with E-state index in [0.717, 1.165) is 6.20 Å². The zero-order chi connectivity index (χ0) is 12.3. The Bertz CT molecular complexity index is 529. The number of aromatic nitrogens is 2. The highest BCUT2D eigenvalue weighted by Gasteiger charge is 2.17. The van der Waals surface area contributed by atoms with Gasteiger partial charge in [0, 0.05) is 6.20 Å². The van der Waals surface area contributed by atoms with Crippen LogP contribution in [0.25, 0.3) is 0 Å². The second-order valence-electron chi connectivity index (χ2n) is 3.02. The second kappa shape index (κ2) is 4.43. The Labute approximate surface area is 88.3 Å². The van der Waals surface area contributed by atoms with Crippen LogP contribution in [-0.4, -0.2) is 33.0 Å². The number of carbonyl (C=O) groups is 2. The Morgan fingerprint density at radius 2 is 2.06 bits per heavy atom. The van der Waals surface area contributed by atoms with E-state index >= 15 is 0 Å². The van der Waals surface area contributed by atoms with Crippen LogP contribution in [0.15, 0.2) is 15.8 Å². The van der Waals surface area contributed by atoms with Crippen LogP contribution in [0.1, 0.15) is 17.3 Å². The second-order valence-corrected chi connectivity index (χ2v) is 3.02. The molecule has 0 fully saturated rings. The van der Waals surface area contributed by atoms with Crippen molar-refractivity contribution in [1.29, 1.82) is 0 Å². The van der Waals surface area contributed by atoms with Gasteiger partial charge in [-0.05, 0) is 6.92 Å². The van der Waals surface area contributed by atoms with E-state index < -0.39 is 29.2 Å². The maximum absolute atomic E-state index is 11.4. The molecule has 1 atom stereocenters. The van der Waals surface area contributed by atoms with Crippen molar-refractivity contribution < 1.29 is 14.7 Å². The molecule has 0 spiro atoms. The lowest BCUT2D eigenvalue weighted by Gasteiger charge is -2.07. The van der Waals surface area contributed by atoms with Gasteiger partial charge in [0.25, 0.3) is 11.5 Å². The van der Waals surface area contributed by atoms with Gasteiger partial charge in [-0.15, -0.1) is 0 Å². The summed E-state index contributed by atoms with van der Waals surface area (Å²) in [6.45, 7) is 1.25. The highest BCUT2D eigenvalue weighted by atomic mass is 16.4. The number of H-pyrrole nitrogens is 2. The number of nitrogens with one attached hydrogen (secondary N) is 3. The van der Waals surface area contributed by atoms with Crippen LogP contribution in [0.4, 0.5) is 0 Å². The van der Waals surface area contributed by atoms with E-state index in [1.165, 1.54) is 6.92 Å². The molecule has 1 aromatic heterocycles. The molecule has 1 rings (SSSR count). The number of hydrogen-bond donors (Lipinski definition) is 4. The van der Waals surface area contributed by atoms with Crippen molar-refractivity contribution in [2.45, 2.75) is 13.0 Å². The standard InChI is InChI=1S/C8H9N3O5/c1-3(7(14)15)10-5(12)4-2-9-8(16)11-6(4)13/h2-3H,1H3,(H,10,12)(H,14,15)(H2,9,11,13,16)/t3-/m0/s1. The zero-order valence-electron chi connectivity index (χ0n) is 8.23. The fourth-order valence-corrected chi connectivity index (χ4v) is 0.915. The van der Waals surface area contributed by atoms with Crippen LogP contribution >= 0.6 is 0 Å². The molecule has 0 bridgehead atoms. The Balaban J connectivity index is 2.94. The molecular weight excluding hydrogens is 218 g/mol. The number of hydrogen-bond acceptors (Lipinski definition) is 4. The fourth-order valence-electron chi connectivity index (χ4n) is 0.915. The molecule has 1 aromatic rings. The summed E-state index contributed by atoms with van der Waals surface area (Å²) in [7, 11) is 0. The topological polar surface area (TPSA) is 132 Å². The summed E-state index contributed by atoms with van der Waals surface area (Å²) in [5.41, 5.74) is -1.97. The molecule has 8 heteroatoms. The molecule has 0 aliphatic carbocycles. The number of amides is 1. The van der Waals surface area contributed by atoms with Gasteiger partial charge in [-0.1, -0.05) is 0 Å². The van der Waals surface area contributed by atoms with Crippen LogP contribution in [0.5, 0.6) is 0 Å². The van der Waals surface area contributed by atoms with Crippen molar-refractivity contribution in [1.82, 2.24) is 15.3 Å². The lowest BCUT2D eigenvalue weighted by Crippen LogP contribution is -2.41. The Kier molecular flexibility index (Phi) is 3.24. The van der Waals surface area contributed by atoms with E-state index in [2.05, 4.69) is 10.3 Å². The summed E-state index contributed by atoms with van der Waals surface area (Å²) < 4.78 is 0. The first-order chi connectivity index (χ1) is 7.41. The predicted octanol–water partition coefficient (Wildman–Crippen LogP) is -1.73. The molecule has 4 N–H and O–H groups in total. The molecular formula is C8H9N3O5. The van der Waals surface area contributed by atoms with Crippen molar-refractivity contribution in [2.24, 2.45) is 0 Å². The van der Waals surface area contributed by atoms with Crippen LogP contribution in [0.2, 0.25) is 0 Å². The van der Waals surface area contributed by atoms with E-state index in [9.17, 15) is 19.2 Å². The first-order valence-corrected chi connectivity index (χ1v) is 4.27. The van der Waals surface area contributed by atoms with Crippen LogP contribution in [-0.2, 0) is 4.79 Å². The summed E-state index contributed by atoms with van der Waals surface area (Å²) in [6, 6.07) is -1.13. The third kappa shape index (κ3) is 2.56. The lowest BCUT2D eigenvalue weighted by atomic mass is 10.2. The zero-order valence-corrected chi connectivity index (χ0v) is 8.23. The highest BCUT2D eigenvalue weighted by molar-refractivity contribution is 5.95. The molecule has 0 unspecified atom stereocenters. The van der Waals surface area contributed by atoms with Crippen molar-refractivity contribution >= 4 is 11.9 Å². The third-order valence-electron chi connectivity index (χ3n) is 1.78. The molecule has 0 saturated heterocycles. The average Bonchev–Trinajstić information content (AvgIpc) is 2.16. The van der Waals surface area contributed by atoms with Gasteiger partial charge < -0.3 is 15.4 Å². The van der Waals surface area contributed by atoms with Gasteiger partial charge >= 0.3 is 11.7 Å². The molecule has 1 amide bonds. The van der Waals surface area contributed by atoms with E-state index in [1.807, 2.05) is 4.98 Å². The minimum absolute atomic E-state index is 0.354. The largest absolute Gasteiger partial charge is 0.480 e. The van der Waals surface area contributed by atoms with Crippen molar-refractivity contribution in [3.05, 3.63) is 32.6 Å². The van der Waals surface area contributed by atoms with Gasteiger partial charge in [0.1, 0.15) is 11.6 Å². The van der Waals surface area contributed by atoms with Gasteiger partial charge in [0.05, 0.1) is 0 Å². The Morgan fingerprint density at radius 3 is 2.56 bits per heavy atom. The third-order valence-corrected chi connectivity index (χ3v) is 1.78. The monoisotopic (exact) mass is 227 g/mol. The average molecular weight is 227 g/mol. The Hall–Kier alpha value is -2.38. The SMILES string of the molecule is C[C@H](NC(=O)c1c[nH]c(=O)[nH]c1=O)C(=O)O. The number of carboxylic acids is 1. The quantitative estimate of drug-likeness (QED) is 0.487. The van der Waals surface area contributed by atoms with Gasteiger partial charge in [-0.25, -0.2) is 4.79 Å². The van der Waals surface area contributed by atoms with Crippen molar-refractivity contribution in [3.63, 3.8) is 0 Å². The summed E-state index contributed by atoms with van der Waals surface area (Å²) in [5.74, 6) is -2.10. The van der Waals surface area contributed by atoms with Gasteiger partial charge in [-0.3, -0.25) is 19.4 Å². The van der Waals surface area contributed by atoms with Crippen molar-refractivity contribution in [3.8, 4) is 0 Å². The number of aromatic amines is 2. The molecule has 0 aliphatic heterocycles. The molecule has 0 saturated carbocycles. The normalized spacial score (nSPS) is 11.8. The molecule has 0 aliphatic rings. The Morgan fingerprint density at radius 1 is 1.44 bits per heavy atom. The summed E-state index contributed by atoms with van der Waals surface area (Å²) in [5, 5.41) is 10.6. The molecule has 0 aromatic carbocycles. The summed E-state index contributed by atoms with van der Waals surface area (Å²) >= 11 is 0. The molecule has 8 nitrogen and oxygen atoms in total. The van der Waals surface area contributed by atoms with E-state index in [4.69, 9.17) is 5.11 Å². The van der Waals surface area contributed by atoms with Gasteiger partial charge in [0.15, 0.2) is 0 Å². The smallest absolute Gasteiger partial charge is 0.325 e. The number of rotatable bonds is 3. The molecule has 16 heavy (non-hydrogen) atoms. The maximum Gasteiger partial charge on any atom is 0.325 e. The van der Waals surface area contributed by atoms with Crippen LogP contribution in [0, 0.1) is 0 Å². The lowest BCUT2D eigenvalue weighted by molar-refractivity contribution is -0.138. The number of carboxylic acid groups (broad SMARTS) is 1. The molecule has 86 valence electrons. The number of aliphatic carboxylic acids is 1. The summed E-state index contributed by atoms with van der Waals surface area (Å²) in [4.78, 5) is 47.6. The summed E-state index contributed by atoms with van der Waals surface area (Å²) in [6.07, 6.45) is 0.922. The van der Waals surface area contributed by atoms with Crippen molar-refractivity contribution in [2.75, 3.05) is 0 Å². The minimum atomic E-state index is -1.23. The van der Waals surface area contributed by atoms with Gasteiger partial charge in [-0.2, -0.15) is 0 Å². The van der Waals surface area contributed by atoms with E-state index in [1.54, 1.807) is 0 Å². The van der Waals surface area contributed by atoms with E-state index in [-0.39, 0.29) is 5.56 Å². The van der Waals surface area contributed by atoms with Gasteiger partial charge in [0.2, 0.25) is 0 Å². The molecule has 0 radical (unpaired) electrons. The molecule has 1 heterocycles. The minimum Gasteiger partial charge on any atom is -0.480 e.